The molecule has 0 aliphatic heterocycles. The number of carbonyl (C=O) groups excluding carboxylic acids is 1. The van der Waals surface area contributed by atoms with E-state index in [0.717, 1.165) is 5.56 Å². The molecule has 0 heterocycles. The topological polar surface area (TPSA) is 52.3 Å². The molecule has 1 rings (SSSR count). The molecule has 0 unspecified atom stereocenters. The van der Waals surface area contributed by atoms with E-state index in [2.05, 4.69) is 6.58 Å². The quantitative estimate of drug-likeness (QED) is 0.454. The molecule has 2 N–H and O–H groups in total. The highest BCUT2D eigenvalue weighted by Crippen LogP contribution is 2.08. The van der Waals surface area contributed by atoms with Crippen molar-refractivity contribution in [3.63, 3.8) is 0 Å². The largest absolute Gasteiger partial charge is 0.461 e. The van der Waals surface area contributed by atoms with Crippen LogP contribution in [0.15, 0.2) is 36.9 Å². The third-order valence-electron chi connectivity index (χ3n) is 1.93. The molecule has 1 aromatic carbocycles. The minimum atomic E-state index is -0.211. The van der Waals surface area contributed by atoms with Gasteiger partial charge in [0.05, 0.1) is 0 Å². The monoisotopic (exact) mass is 205 g/mol. The van der Waals surface area contributed by atoms with Crippen LogP contribution in [0.2, 0.25) is 0 Å². The summed E-state index contributed by atoms with van der Waals surface area (Å²) in [6, 6.07) is 7.50. The molecule has 0 aliphatic carbocycles. The molecule has 3 nitrogen and oxygen atoms in total. The average molecular weight is 205 g/mol. The summed E-state index contributed by atoms with van der Waals surface area (Å²) in [5.74, 6) is -0.211. The molecular formula is C12H15NO2. The number of benzene rings is 1. The Morgan fingerprint density at radius 2 is 2.33 bits per heavy atom. The molecule has 0 aromatic heterocycles. The van der Waals surface area contributed by atoms with Gasteiger partial charge in [0.1, 0.15) is 6.61 Å². The highest BCUT2D eigenvalue weighted by Gasteiger charge is 2.02. The summed E-state index contributed by atoms with van der Waals surface area (Å²) >= 11 is 0. The highest BCUT2D eigenvalue weighted by molar-refractivity contribution is 5.69. The van der Waals surface area contributed by atoms with Crippen molar-refractivity contribution >= 4 is 11.7 Å². The molecule has 0 atom stereocenters. The van der Waals surface area contributed by atoms with E-state index in [1.54, 1.807) is 6.08 Å². The van der Waals surface area contributed by atoms with Gasteiger partial charge < -0.3 is 10.5 Å². The maximum absolute atomic E-state index is 11.2. The fourth-order valence-electron chi connectivity index (χ4n) is 1.22. The lowest BCUT2D eigenvalue weighted by molar-refractivity contribution is -0.142. The summed E-state index contributed by atoms with van der Waals surface area (Å²) in [4.78, 5) is 11.2. The lowest BCUT2D eigenvalue weighted by atomic mass is 10.1. The van der Waals surface area contributed by atoms with Gasteiger partial charge in [0, 0.05) is 12.1 Å². The van der Waals surface area contributed by atoms with Crippen LogP contribution in [0, 0.1) is 0 Å². The maximum Gasteiger partial charge on any atom is 0.306 e. The molecule has 1 aromatic rings. The van der Waals surface area contributed by atoms with Crippen LogP contribution in [0.3, 0.4) is 0 Å². The molecule has 0 amide bonds. The van der Waals surface area contributed by atoms with Crippen molar-refractivity contribution in [2.75, 3.05) is 12.3 Å². The number of aryl methyl sites for hydroxylation is 1. The summed E-state index contributed by atoms with van der Waals surface area (Å²) in [5, 5.41) is 0. The van der Waals surface area contributed by atoms with Crippen LogP contribution in [0.25, 0.3) is 0 Å². The minimum Gasteiger partial charge on any atom is -0.461 e. The number of anilines is 1. The van der Waals surface area contributed by atoms with E-state index in [9.17, 15) is 4.79 Å². The van der Waals surface area contributed by atoms with Gasteiger partial charge >= 0.3 is 5.97 Å². The lowest BCUT2D eigenvalue weighted by Gasteiger charge is -2.02. The normalized spacial score (nSPS) is 9.60. The predicted molar refractivity (Wildman–Crippen MR) is 60.3 cm³/mol. The first-order valence-corrected chi connectivity index (χ1v) is 4.83. The van der Waals surface area contributed by atoms with E-state index in [-0.39, 0.29) is 12.6 Å². The Morgan fingerprint density at radius 3 is 3.00 bits per heavy atom. The van der Waals surface area contributed by atoms with E-state index in [0.29, 0.717) is 18.5 Å². The number of hydrogen-bond acceptors (Lipinski definition) is 3. The van der Waals surface area contributed by atoms with Crippen molar-refractivity contribution in [3.05, 3.63) is 42.5 Å². The van der Waals surface area contributed by atoms with Gasteiger partial charge in [0.15, 0.2) is 0 Å². The first-order chi connectivity index (χ1) is 7.22. The molecule has 0 spiro atoms. The first kappa shape index (κ1) is 11.3. The number of hydrogen-bond donors (Lipinski definition) is 1. The molecule has 0 saturated heterocycles. The van der Waals surface area contributed by atoms with Crippen molar-refractivity contribution in [2.24, 2.45) is 0 Å². The molecule has 15 heavy (non-hydrogen) atoms. The van der Waals surface area contributed by atoms with Gasteiger partial charge in [0.25, 0.3) is 0 Å². The van der Waals surface area contributed by atoms with Gasteiger partial charge in [-0.05, 0) is 24.1 Å². The summed E-state index contributed by atoms with van der Waals surface area (Å²) in [7, 11) is 0. The van der Waals surface area contributed by atoms with Crippen LogP contribution in [0.1, 0.15) is 12.0 Å². The van der Waals surface area contributed by atoms with Crippen LogP contribution < -0.4 is 5.73 Å². The molecular weight excluding hydrogens is 190 g/mol. The molecule has 0 fully saturated rings. The van der Waals surface area contributed by atoms with Crippen LogP contribution in [-0.2, 0) is 16.0 Å². The summed E-state index contributed by atoms with van der Waals surface area (Å²) in [6.45, 7) is 3.74. The Labute approximate surface area is 89.5 Å². The van der Waals surface area contributed by atoms with Gasteiger partial charge in [-0.25, -0.2) is 0 Å². The second kappa shape index (κ2) is 5.86. The number of carbonyl (C=O) groups is 1. The Hall–Kier alpha value is -1.77. The number of esters is 1. The average Bonchev–Trinajstić information content (AvgIpc) is 2.23. The zero-order valence-electron chi connectivity index (χ0n) is 8.61. The molecule has 0 radical (unpaired) electrons. The van der Waals surface area contributed by atoms with Crippen molar-refractivity contribution in [1.29, 1.82) is 0 Å². The van der Waals surface area contributed by atoms with Crippen molar-refractivity contribution in [3.8, 4) is 0 Å². The second-order valence-electron chi connectivity index (χ2n) is 3.22. The third kappa shape index (κ3) is 4.31. The fourth-order valence-corrected chi connectivity index (χ4v) is 1.22. The fraction of sp³-hybridized carbons (Fsp3) is 0.250. The maximum atomic E-state index is 11.2. The summed E-state index contributed by atoms with van der Waals surface area (Å²) < 4.78 is 4.85. The van der Waals surface area contributed by atoms with Gasteiger partial charge in [0.2, 0.25) is 0 Å². The highest BCUT2D eigenvalue weighted by atomic mass is 16.5. The van der Waals surface area contributed by atoms with E-state index >= 15 is 0 Å². The van der Waals surface area contributed by atoms with Gasteiger partial charge in [-0.3, -0.25) is 4.79 Å². The lowest BCUT2D eigenvalue weighted by Crippen LogP contribution is -2.05. The molecule has 3 heteroatoms. The van der Waals surface area contributed by atoms with Crippen molar-refractivity contribution in [2.45, 2.75) is 12.8 Å². The molecule has 0 bridgehead atoms. The Morgan fingerprint density at radius 1 is 1.53 bits per heavy atom. The zero-order chi connectivity index (χ0) is 11.1. The summed E-state index contributed by atoms with van der Waals surface area (Å²) in [5.41, 5.74) is 7.38. The smallest absolute Gasteiger partial charge is 0.306 e. The molecule has 0 saturated carbocycles. The van der Waals surface area contributed by atoms with Crippen molar-refractivity contribution in [1.82, 2.24) is 0 Å². The predicted octanol–water partition coefficient (Wildman–Crippen LogP) is 1.93. The number of nitrogens with two attached hydrogens (primary N) is 1. The number of ether oxygens (including phenoxy) is 1. The zero-order valence-corrected chi connectivity index (χ0v) is 8.61. The van der Waals surface area contributed by atoms with E-state index in [4.69, 9.17) is 10.5 Å². The number of nitrogen functional groups attached to an aromatic ring is 1. The van der Waals surface area contributed by atoms with Gasteiger partial charge in [-0.2, -0.15) is 0 Å². The Balaban J connectivity index is 2.36. The third-order valence-corrected chi connectivity index (χ3v) is 1.93. The van der Waals surface area contributed by atoms with E-state index < -0.39 is 0 Å². The van der Waals surface area contributed by atoms with Crippen LogP contribution >= 0.6 is 0 Å². The summed E-state index contributed by atoms with van der Waals surface area (Å²) in [6.07, 6.45) is 2.58. The Bertz CT molecular complexity index is 347. The first-order valence-electron chi connectivity index (χ1n) is 4.83. The van der Waals surface area contributed by atoms with E-state index in [1.165, 1.54) is 0 Å². The Kier molecular flexibility index (Phi) is 4.41. The SMILES string of the molecule is C=CCOC(=O)CCc1cccc(N)c1. The van der Waals surface area contributed by atoms with Crippen LogP contribution in [0.5, 0.6) is 0 Å². The van der Waals surface area contributed by atoms with Gasteiger partial charge in [-0.15, -0.1) is 0 Å². The number of rotatable bonds is 5. The molecule has 0 aliphatic rings. The molecule has 80 valence electrons. The van der Waals surface area contributed by atoms with E-state index in [1.807, 2.05) is 24.3 Å². The van der Waals surface area contributed by atoms with Gasteiger partial charge in [-0.1, -0.05) is 24.8 Å². The van der Waals surface area contributed by atoms with Crippen LogP contribution in [-0.4, -0.2) is 12.6 Å². The standard InChI is InChI=1S/C12H15NO2/c1-2-8-15-12(14)7-6-10-4-3-5-11(13)9-10/h2-5,9H,1,6-8,13H2. The minimum absolute atomic E-state index is 0.211. The second-order valence-corrected chi connectivity index (χ2v) is 3.22. The van der Waals surface area contributed by atoms with Crippen molar-refractivity contribution < 1.29 is 9.53 Å². The van der Waals surface area contributed by atoms with Crippen LogP contribution in [0.4, 0.5) is 5.69 Å².